The predicted octanol–water partition coefficient (Wildman–Crippen LogP) is 1.35. The molecule has 2 aliphatic heterocycles. The Hall–Kier alpha value is -0.610. The number of ether oxygens (including phenoxy) is 1. The van der Waals surface area contributed by atoms with Crippen LogP contribution in [0.15, 0.2) is 0 Å². The van der Waals surface area contributed by atoms with Crippen molar-refractivity contribution in [3.8, 4) is 0 Å². The van der Waals surface area contributed by atoms with Crippen molar-refractivity contribution in [3.05, 3.63) is 0 Å². The van der Waals surface area contributed by atoms with Crippen LogP contribution in [0.25, 0.3) is 0 Å². The smallest absolute Gasteiger partial charge is 0.225 e. The highest BCUT2D eigenvalue weighted by molar-refractivity contribution is 5.80. The third-order valence-corrected chi connectivity index (χ3v) is 5.04. The molecule has 0 aromatic rings. The summed E-state index contributed by atoms with van der Waals surface area (Å²) < 4.78 is 5.88. The maximum absolute atomic E-state index is 12.4. The van der Waals surface area contributed by atoms with Gasteiger partial charge in [-0.15, -0.1) is 0 Å². The SMILES string of the molecule is CC1CC(C(=O)N2CC3OCCN(C(C)C)C3C2)C1. The maximum atomic E-state index is 12.4. The fourth-order valence-electron chi connectivity index (χ4n) is 3.90. The van der Waals surface area contributed by atoms with E-state index in [1.54, 1.807) is 0 Å². The second-order valence-corrected chi connectivity index (χ2v) is 6.82. The maximum Gasteiger partial charge on any atom is 0.225 e. The lowest BCUT2D eigenvalue weighted by Gasteiger charge is -2.39. The van der Waals surface area contributed by atoms with Crippen LogP contribution >= 0.6 is 0 Å². The van der Waals surface area contributed by atoms with Crippen LogP contribution in [0.3, 0.4) is 0 Å². The minimum atomic E-state index is 0.234. The molecule has 3 aliphatic rings. The molecule has 19 heavy (non-hydrogen) atoms. The van der Waals surface area contributed by atoms with Gasteiger partial charge in [-0.3, -0.25) is 9.69 Å². The van der Waals surface area contributed by atoms with E-state index in [-0.39, 0.29) is 6.10 Å². The molecule has 0 bridgehead atoms. The van der Waals surface area contributed by atoms with Gasteiger partial charge in [0.25, 0.3) is 0 Å². The summed E-state index contributed by atoms with van der Waals surface area (Å²) in [6, 6.07) is 0.949. The number of morpholine rings is 1. The summed E-state index contributed by atoms with van der Waals surface area (Å²) >= 11 is 0. The van der Waals surface area contributed by atoms with Gasteiger partial charge in [-0.2, -0.15) is 0 Å². The molecule has 3 rings (SSSR count). The van der Waals surface area contributed by atoms with Crippen LogP contribution < -0.4 is 0 Å². The Morgan fingerprint density at radius 3 is 2.63 bits per heavy atom. The highest BCUT2D eigenvalue weighted by atomic mass is 16.5. The normalized spacial score (nSPS) is 39.3. The molecule has 4 nitrogen and oxygen atoms in total. The first-order valence-electron chi connectivity index (χ1n) is 7.72. The highest BCUT2D eigenvalue weighted by Gasteiger charge is 2.45. The van der Waals surface area contributed by atoms with Crippen LogP contribution in [0.5, 0.6) is 0 Å². The third-order valence-electron chi connectivity index (χ3n) is 5.04. The van der Waals surface area contributed by atoms with Gasteiger partial charge in [-0.1, -0.05) is 6.92 Å². The Kier molecular flexibility index (Phi) is 3.56. The van der Waals surface area contributed by atoms with Gasteiger partial charge < -0.3 is 9.64 Å². The summed E-state index contributed by atoms with van der Waals surface area (Å²) in [4.78, 5) is 17.0. The molecule has 1 saturated carbocycles. The van der Waals surface area contributed by atoms with Crippen molar-refractivity contribution >= 4 is 5.91 Å². The minimum Gasteiger partial charge on any atom is -0.373 e. The van der Waals surface area contributed by atoms with E-state index in [2.05, 4.69) is 30.6 Å². The molecule has 3 fully saturated rings. The number of rotatable bonds is 2. The fraction of sp³-hybridized carbons (Fsp3) is 0.933. The first-order chi connectivity index (χ1) is 9.06. The van der Waals surface area contributed by atoms with Gasteiger partial charge in [0.05, 0.1) is 18.8 Å². The zero-order valence-electron chi connectivity index (χ0n) is 12.3. The lowest BCUT2D eigenvalue weighted by Crippen LogP contribution is -2.53. The van der Waals surface area contributed by atoms with Gasteiger partial charge in [-0.05, 0) is 32.6 Å². The van der Waals surface area contributed by atoms with Gasteiger partial charge in [0.15, 0.2) is 0 Å². The number of carbonyl (C=O) groups is 1. The number of amides is 1. The molecular weight excluding hydrogens is 240 g/mol. The predicted molar refractivity (Wildman–Crippen MR) is 73.8 cm³/mol. The lowest BCUT2D eigenvalue weighted by atomic mass is 9.75. The second-order valence-electron chi connectivity index (χ2n) is 6.82. The topological polar surface area (TPSA) is 32.8 Å². The zero-order valence-corrected chi connectivity index (χ0v) is 12.3. The van der Waals surface area contributed by atoms with Crippen LogP contribution in [-0.4, -0.2) is 60.1 Å². The summed E-state index contributed by atoms with van der Waals surface area (Å²) in [6.45, 7) is 10.2. The number of carbonyl (C=O) groups excluding carboxylic acids is 1. The molecule has 1 amide bonds. The molecule has 0 N–H and O–H groups in total. The highest BCUT2D eigenvalue weighted by Crippen LogP contribution is 2.36. The van der Waals surface area contributed by atoms with Crippen LogP contribution in [0, 0.1) is 11.8 Å². The Morgan fingerprint density at radius 2 is 2.00 bits per heavy atom. The van der Waals surface area contributed by atoms with Gasteiger partial charge in [-0.25, -0.2) is 0 Å². The Labute approximate surface area is 116 Å². The van der Waals surface area contributed by atoms with E-state index in [9.17, 15) is 4.79 Å². The molecule has 2 atom stereocenters. The number of hydrogen-bond acceptors (Lipinski definition) is 3. The molecule has 1 aliphatic carbocycles. The van der Waals surface area contributed by atoms with Crippen LogP contribution in [0.2, 0.25) is 0 Å². The number of nitrogens with zero attached hydrogens (tertiary/aromatic N) is 2. The molecule has 0 aromatic heterocycles. The van der Waals surface area contributed by atoms with Crippen LogP contribution in [0.4, 0.5) is 0 Å². The average Bonchev–Trinajstić information content (AvgIpc) is 2.77. The fourth-order valence-corrected chi connectivity index (χ4v) is 3.90. The number of fused-ring (bicyclic) bond motifs is 1. The molecule has 2 unspecified atom stereocenters. The first kappa shape index (κ1) is 13.4. The number of hydrogen-bond donors (Lipinski definition) is 0. The number of likely N-dealkylation sites (tertiary alicyclic amines) is 1. The molecule has 4 heteroatoms. The summed E-state index contributed by atoms with van der Waals surface area (Å²) in [7, 11) is 0. The van der Waals surface area contributed by atoms with Crippen molar-refractivity contribution in [2.45, 2.75) is 51.8 Å². The first-order valence-corrected chi connectivity index (χ1v) is 7.72. The van der Waals surface area contributed by atoms with Gasteiger partial charge >= 0.3 is 0 Å². The molecule has 0 radical (unpaired) electrons. The van der Waals surface area contributed by atoms with Gasteiger partial charge in [0.1, 0.15) is 0 Å². The van der Waals surface area contributed by atoms with Crippen molar-refractivity contribution in [1.82, 2.24) is 9.80 Å². The minimum absolute atomic E-state index is 0.234. The standard InChI is InChI=1S/C15H26N2O2/c1-10(2)17-4-5-19-14-9-16(8-13(14)17)15(18)12-6-11(3)7-12/h10-14H,4-9H2,1-3H3. The Bertz CT molecular complexity index is 352. The summed E-state index contributed by atoms with van der Waals surface area (Å²) in [5, 5.41) is 0. The van der Waals surface area contributed by atoms with Crippen LogP contribution in [0.1, 0.15) is 33.6 Å². The van der Waals surface area contributed by atoms with Crippen LogP contribution in [-0.2, 0) is 9.53 Å². The zero-order chi connectivity index (χ0) is 13.6. The van der Waals surface area contributed by atoms with Crippen molar-refractivity contribution in [3.63, 3.8) is 0 Å². The molecular formula is C15H26N2O2. The third kappa shape index (κ3) is 2.40. The second kappa shape index (κ2) is 5.06. The van der Waals surface area contributed by atoms with Gasteiger partial charge in [0, 0.05) is 31.6 Å². The largest absolute Gasteiger partial charge is 0.373 e. The van der Waals surface area contributed by atoms with Crippen molar-refractivity contribution in [2.24, 2.45) is 11.8 Å². The lowest BCUT2D eigenvalue weighted by molar-refractivity contribution is -0.139. The summed E-state index contributed by atoms with van der Waals surface area (Å²) in [5.41, 5.74) is 0. The van der Waals surface area contributed by atoms with E-state index in [1.807, 2.05) is 0 Å². The van der Waals surface area contributed by atoms with E-state index in [0.717, 1.165) is 45.0 Å². The summed E-state index contributed by atoms with van der Waals surface area (Å²) in [5.74, 6) is 1.41. The molecule has 2 saturated heterocycles. The quantitative estimate of drug-likeness (QED) is 0.756. The summed E-state index contributed by atoms with van der Waals surface area (Å²) in [6.07, 6.45) is 2.40. The average molecular weight is 266 g/mol. The van der Waals surface area contributed by atoms with E-state index in [4.69, 9.17) is 4.74 Å². The Balaban J connectivity index is 1.63. The van der Waals surface area contributed by atoms with E-state index < -0.39 is 0 Å². The molecule has 2 heterocycles. The Morgan fingerprint density at radius 1 is 1.26 bits per heavy atom. The van der Waals surface area contributed by atoms with Crippen molar-refractivity contribution < 1.29 is 9.53 Å². The van der Waals surface area contributed by atoms with E-state index >= 15 is 0 Å². The van der Waals surface area contributed by atoms with Crippen molar-refractivity contribution in [1.29, 1.82) is 0 Å². The molecule has 0 aromatic carbocycles. The van der Waals surface area contributed by atoms with E-state index in [0.29, 0.717) is 23.9 Å². The van der Waals surface area contributed by atoms with E-state index in [1.165, 1.54) is 0 Å². The monoisotopic (exact) mass is 266 g/mol. The van der Waals surface area contributed by atoms with Gasteiger partial charge in [0.2, 0.25) is 5.91 Å². The van der Waals surface area contributed by atoms with Crippen molar-refractivity contribution in [2.75, 3.05) is 26.2 Å². The molecule has 0 spiro atoms. The molecule has 108 valence electrons.